The molecule has 0 spiro atoms. The Morgan fingerprint density at radius 2 is 2.10 bits per heavy atom. The molecule has 1 fully saturated rings. The number of amides is 2. The molecule has 0 radical (unpaired) electrons. The van der Waals surface area contributed by atoms with Crippen molar-refractivity contribution in [2.45, 2.75) is 32.4 Å². The van der Waals surface area contributed by atoms with Crippen LogP contribution in [-0.2, 0) is 19.1 Å². The first-order valence-corrected chi connectivity index (χ1v) is 6.82. The Morgan fingerprint density at radius 3 is 2.62 bits per heavy atom. The van der Waals surface area contributed by atoms with Gasteiger partial charge in [0.25, 0.3) is 0 Å². The molecule has 0 aliphatic carbocycles. The number of rotatable bonds is 5. The lowest BCUT2D eigenvalue weighted by molar-refractivity contribution is -0.147. The van der Waals surface area contributed by atoms with Gasteiger partial charge >= 0.3 is 18.0 Å². The van der Waals surface area contributed by atoms with E-state index in [1.807, 2.05) is 13.8 Å². The molecule has 8 nitrogen and oxygen atoms in total. The quantitative estimate of drug-likeness (QED) is 0.696. The van der Waals surface area contributed by atoms with Crippen molar-refractivity contribution >= 4 is 18.0 Å². The summed E-state index contributed by atoms with van der Waals surface area (Å²) in [4.78, 5) is 36.2. The molecule has 1 rings (SSSR count). The molecular formula is C13H22N2O6. The lowest BCUT2D eigenvalue weighted by Crippen LogP contribution is -2.58. The molecule has 0 aromatic heterocycles. The number of urea groups is 1. The van der Waals surface area contributed by atoms with Gasteiger partial charge in [-0.2, -0.15) is 0 Å². The normalized spacial score (nSPS) is 20.0. The number of hydrogen-bond acceptors (Lipinski definition) is 5. The Morgan fingerprint density at radius 1 is 1.43 bits per heavy atom. The smallest absolute Gasteiger partial charge is 0.328 e. The highest BCUT2D eigenvalue weighted by Gasteiger charge is 2.34. The molecule has 1 saturated heterocycles. The summed E-state index contributed by atoms with van der Waals surface area (Å²) in [5.74, 6) is -1.50. The molecule has 1 aliphatic rings. The van der Waals surface area contributed by atoms with Crippen LogP contribution in [0.3, 0.4) is 0 Å². The van der Waals surface area contributed by atoms with Crippen LogP contribution in [0.4, 0.5) is 4.79 Å². The number of nitrogens with one attached hydrogen (secondary N) is 1. The van der Waals surface area contributed by atoms with E-state index in [9.17, 15) is 14.4 Å². The molecule has 0 aromatic carbocycles. The zero-order valence-corrected chi connectivity index (χ0v) is 12.5. The van der Waals surface area contributed by atoms with Crippen molar-refractivity contribution in [3.63, 3.8) is 0 Å². The Balaban J connectivity index is 2.74. The molecule has 0 aromatic rings. The van der Waals surface area contributed by atoms with Crippen LogP contribution in [0.1, 0.15) is 20.3 Å². The Bertz CT molecular complexity index is 398. The van der Waals surface area contributed by atoms with E-state index in [-0.39, 0.29) is 25.7 Å². The fourth-order valence-corrected chi connectivity index (χ4v) is 2.11. The number of carbonyl (C=O) groups is 3. The van der Waals surface area contributed by atoms with Crippen molar-refractivity contribution in [3.8, 4) is 0 Å². The van der Waals surface area contributed by atoms with Gasteiger partial charge in [0.2, 0.25) is 0 Å². The molecule has 1 heterocycles. The highest BCUT2D eigenvalue weighted by molar-refractivity contribution is 5.86. The monoisotopic (exact) mass is 302 g/mol. The van der Waals surface area contributed by atoms with Crippen molar-refractivity contribution in [2.75, 3.05) is 26.9 Å². The summed E-state index contributed by atoms with van der Waals surface area (Å²) in [6.45, 7) is 4.20. The molecule has 120 valence electrons. The number of carboxylic acids is 1. The molecule has 1 aliphatic heterocycles. The molecule has 2 unspecified atom stereocenters. The van der Waals surface area contributed by atoms with Gasteiger partial charge in [0.1, 0.15) is 6.04 Å². The Labute approximate surface area is 123 Å². The van der Waals surface area contributed by atoms with Crippen molar-refractivity contribution in [1.82, 2.24) is 10.2 Å². The number of nitrogens with zero attached hydrogens (tertiary/aromatic N) is 1. The Kier molecular flexibility index (Phi) is 6.41. The average molecular weight is 302 g/mol. The number of aliphatic carboxylic acids is 1. The van der Waals surface area contributed by atoms with Crippen LogP contribution in [0, 0.1) is 5.92 Å². The fraction of sp³-hybridized carbons (Fsp3) is 0.769. The minimum absolute atomic E-state index is 0.0597. The second-order valence-electron chi connectivity index (χ2n) is 5.28. The van der Waals surface area contributed by atoms with Crippen molar-refractivity contribution < 1.29 is 29.0 Å². The number of ether oxygens (including phenoxy) is 2. The largest absolute Gasteiger partial charge is 0.480 e. The molecule has 0 saturated carbocycles. The van der Waals surface area contributed by atoms with E-state index in [2.05, 4.69) is 10.1 Å². The molecule has 2 amide bonds. The third-order valence-electron chi connectivity index (χ3n) is 3.16. The molecule has 21 heavy (non-hydrogen) atoms. The number of methoxy groups -OCH3 is 1. The maximum absolute atomic E-state index is 12.2. The second kappa shape index (κ2) is 7.82. The summed E-state index contributed by atoms with van der Waals surface area (Å²) in [5, 5.41) is 11.6. The highest BCUT2D eigenvalue weighted by Crippen LogP contribution is 2.11. The van der Waals surface area contributed by atoms with E-state index in [0.29, 0.717) is 6.42 Å². The van der Waals surface area contributed by atoms with Gasteiger partial charge in [-0.15, -0.1) is 0 Å². The molecule has 2 atom stereocenters. The van der Waals surface area contributed by atoms with Gasteiger partial charge < -0.3 is 24.8 Å². The third-order valence-corrected chi connectivity index (χ3v) is 3.16. The van der Waals surface area contributed by atoms with Crippen molar-refractivity contribution in [1.29, 1.82) is 0 Å². The van der Waals surface area contributed by atoms with Gasteiger partial charge in [0.05, 0.1) is 20.3 Å². The number of morpholine rings is 1. The van der Waals surface area contributed by atoms with Crippen molar-refractivity contribution in [3.05, 3.63) is 0 Å². The van der Waals surface area contributed by atoms with Crippen molar-refractivity contribution in [2.24, 2.45) is 5.92 Å². The molecule has 8 heteroatoms. The zero-order valence-electron chi connectivity index (χ0n) is 12.5. The van der Waals surface area contributed by atoms with Gasteiger partial charge in [0, 0.05) is 6.54 Å². The average Bonchev–Trinajstić information content (AvgIpc) is 2.45. The first-order chi connectivity index (χ1) is 9.86. The highest BCUT2D eigenvalue weighted by atomic mass is 16.5. The maximum atomic E-state index is 12.2. The van der Waals surface area contributed by atoms with Gasteiger partial charge in [0.15, 0.2) is 6.04 Å². The van der Waals surface area contributed by atoms with Crippen LogP contribution in [0.5, 0.6) is 0 Å². The summed E-state index contributed by atoms with van der Waals surface area (Å²) < 4.78 is 9.73. The number of carbonyl (C=O) groups excluding carboxylic acids is 2. The second-order valence-corrected chi connectivity index (χ2v) is 5.28. The van der Waals surface area contributed by atoms with E-state index in [4.69, 9.17) is 9.84 Å². The zero-order chi connectivity index (χ0) is 16.0. The standard InChI is InChI=1S/C13H22N2O6/c1-8(2)6-9(12(18)20-3)14-13(19)15-4-5-21-7-10(15)11(16)17/h8-10H,4-7H2,1-3H3,(H,14,19)(H,16,17). The lowest BCUT2D eigenvalue weighted by atomic mass is 10.0. The number of carboxylic acid groups (broad SMARTS) is 1. The van der Waals surface area contributed by atoms with Gasteiger partial charge in [-0.05, 0) is 12.3 Å². The van der Waals surface area contributed by atoms with Crippen LogP contribution in [-0.4, -0.2) is 66.9 Å². The predicted molar refractivity (Wildman–Crippen MR) is 72.7 cm³/mol. The third kappa shape index (κ3) is 4.89. The number of hydrogen-bond donors (Lipinski definition) is 2. The van der Waals surface area contributed by atoms with Gasteiger partial charge in [-0.3, -0.25) is 0 Å². The van der Waals surface area contributed by atoms with E-state index in [1.165, 1.54) is 12.0 Å². The van der Waals surface area contributed by atoms with Crippen LogP contribution in [0.25, 0.3) is 0 Å². The fourth-order valence-electron chi connectivity index (χ4n) is 2.11. The van der Waals surface area contributed by atoms with Crippen LogP contribution in [0.2, 0.25) is 0 Å². The predicted octanol–water partition coefficient (Wildman–Crippen LogP) is 0.0691. The minimum atomic E-state index is -1.14. The van der Waals surface area contributed by atoms with E-state index in [1.54, 1.807) is 0 Å². The Hall–Kier alpha value is -1.83. The summed E-state index contributed by atoms with van der Waals surface area (Å²) in [5.41, 5.74) is 0. The molecule has 0 bridgehead atoms. The van der Waals surface area contributed by atoms with Crippen LogP contribution in [0.15, 0.2) is 0 Å². The van der Waals surface area contributed by atoms with E-state index >= 15 is 0 Å². The summed E-state index contributed by atoms with van der Waals surface area (Å²) in [6.07, 6.45) is 0.417. The maximum Gasteiger partial charge on any atom is 0.328 e. The summed E-state index contributed by atoms with van der Waals surface area (Å²) in [7, 11) is 1.25. The molecule has 2 N–H and O–H groups in total. The molecular weight excluding hydrogens is 280 g/mol. The van der Waals surface area contributed by atoms with Gasteiger partial charge in [-0.25, -0.2) is 14.4 Å². The summed E-state index contributed by atoms with van der Waals surface area (Å²) >= 11 is 0. The number of esters is 1. The lowest BCUT2D eigenvalue weighted by Gasteiger charge is -2.33. The van der Waals surface area contributed by atoms with E-state index in [0.717, 1.165) is 0 Å². The summed E-state index contributed by atoms with van der Waals surface area (Å²) in [6, 6.07) is -2.43. The first kappa shape index (κ1) is 17.2. The topological polar surface area (TPSA) is 105 Å². The minimum Gasteiger partial charge on any atom is -0.480 e. The first-order valence-electron chi connectivity index (χ1n) is 6.82. The van der Waals surface area contributed by atoms with E-state index < -0.39 is 30.1 Å². The van der Waals surface area contributed by atoms with Gasteiger partial charge in [-0.1, -0.05) is 13.8 Å². The SMILES string of the molecule is COC(=O)C(CC(C)C)NC(=O)N1CCOCC1C(=O)O. The van der Waals surface area contributed by atoms with Crippen LogP contribution >= 0.6 is 0 Å². The van der Waals surface area contributed by atoms with Crippen LogP contribution < -0.4 is 5.32 Å².